The molecular formula is C21H21N5O2. The summed E-state index contributed by atoms with van der Waals surface area (Å²) in [5, 5.41) is 3.81. The molecule has 1 aliphatic heterocycles. The standard InChI is InChI=1S/C21H21N5O2/c1-25(12-16-13-26(2)21-17(16)4-3-9-22-21)19(28)8-5-14-10-15-6-7-18(27)24-20(15)23-11-14/h3-5,8-11,13H,6-7,12H2,1-2H3,(H,23,24,27). The first kappa shape index (κ1) is 17.9. The highest BCUT2D eigenvalue weighted by Gasteiger charge is 2.16. The zero-order valence-electron chi connectivity index (χ0n) is 15.8. The van der Waals surface area contributed by atoms with Crippen LogP contribution in [0.1, 0.15) is 23.1 Å². The first-order valence-electron chi connectivity index (χ1n) is 9.12. The van der Waals surface area contributed by atoms with Crippen LogP contribution < -0.4 is 5.32 Å². The number of aromatic nitrogens is 3. The van der Waals surface area contributed by atoms with E-state index in [9.17, 15) is 9.59 Å². The Balaban J connectivity index is 1.46. The number of hydrogen-bond acceptors (Lipinski definition) is 4. The van der Waals surface area contributed by atoms with E-state index in [1.807, 2.05) is 36.0 Å². The Morgan fingerprint density at radius 2 is 2.21 bits per heavy atom. The molecule has 3 aromatic rings. The number of carbonyl (C=O) groups is 2. The molecule has 1 aliphatic rings. The van der Waals surface area contributed by atoms with Crippen LogP contribution in [-0.4, -0.2) is 38.3 Å². The number of likely N-dealkylation sites (N-methyl/N-ethyl adjacent to an activating group) is 1. The molecule has 142 valence electrons. The molecule has 28 heavy (non-hydrogen) atoms. The zero-order chi connectivity index (χ0) is 19.7. The minimum atomic E-state index is -0.0908. The molecule has 4 rings (SSSR count). The Bertz CT molecular complexity index is 1100. The van der Waals surface area contributed by atoms with E-state index < -0.39 is 0 Å². The van der Waals surface area contributed by atoms with Gasteiger partial charge in [0.2, 0.25) is 11.8 Å². The van der Waals surface area contributed by atoms with E-state index in [1.165, 1.54) is 0 Å². The number of rotatable bonds is 4. The quantitative estimate of drug-likeness (QED) is 0.711. The third-order valence-electron chi connectivity index (χ3n) is 4.89. The van der Waals surface area contributed by atoms with Gasteiger partial charge < -0.3 is 14.8 Å². The molecule has 0 saturated carbocycles. The fourth-order valence-electron chi connectivity index (χ4n) is 3.41. The van der Waals surface area contributed by atoms with Crippen LogP contribution in [0.15, 0.2) is 42.9 Å². The summed E-state index contributed by atoms with van der Waals surface area (Å²) in [6.07, 6.45) is 9.86. The third-order valence-corrected chi connectivity index (χ3v) is 4.89. The molecule has 7 heteroatoms. The van der Waals surface area contributed by atoms with Crippen molar-refractivity contribution >= 4 is 34.7 Å². The van der Waals surface area contributed by atoms with Gasteiger partial charge in [-0.3, -0.25) is 9.59 Å². The number of hydrogen-bond donors (Lipinski definition) is 1. The number of carbonyl (C=O) groups excluding carboxylic acids is 2. The molecule has 3 aromatic heterocycles. The highest BCUT2D eigenvalue weighted by Crippen LogP contribution is 2.22. The van der Waals surface area contributed by atoms with Crippen LogP contribution in [0.4, 0.5) is 5.82 Å². The molecule has 0 bridgehead atoms. The number of amides is 2. The summed E-state index contributed by atoms with van der Waals surface area (Å²) in [4.78, 5) is 34.3. The molecule has 4 heterocycles. The highest BCUT2D eigenvalue weighted by molar-refractivity contribution is 5.94. The number of pyridine rings is 2. The van der Waals surface area contributed by atoms with E-state index in [2.05, 4.69) is 15.3 Å². The van der Waals surface area contributed by atoms with Crippen LogP contribution in [0.5, 0.6) is 0 Å². The predicted molar refractivity (Wildman–Crippen MR) is 107 cm³/mol. The van der Waals surface area contributed by atoms with Crippen molar-refractivity contribution in [1.29, 1.82) is 0 Å². The third kappa shape index (κ3) is 3.51. The Labute approximate surface area is 162 Å². The van der Waals surface area contributed by atoms with Crippen molar-refractivity contribution in [3.63, 3.8) is 0 Å². The second kappa shape index (κ2) is 7.26. The van der Waals surface area contributed by atoms with E-state index in [4.69, 9.17) is 0 Å². The summed E-state index contributed by atoms with van der Waals surface area (Å²) in [5.41, 5.74) is 3.79. The van der Waals surface area contributed by atoms with Gasteiger partial charge in [-0.05, 0) is 47.4 Å². The van der Waals surface area contributed by atoms with E-state index in [-0.39, 0.29) is 11.8 Å². The fourth-order valence-corrected chi connectivity index (χ4v) is 3.41. The highest BCUT2D eigenvalue weighted by atomic mass is 16.2. The minimum absolute atomic E-state index is 0.0104. The lowest BCUT2D eigenvalue weighted by Gasteiger charge is -2.16. The lowest BCUT2D eigenvalue weighted by atomic mass is 10.0. The lowest BCUT2D eigenvalue weighted by Crippen LogP contribution is -2.24. The van der Waals surface area contributed by atoms with E-state index in [0.717, 1.165) is 27.7 Å². The number of fused-ring (bicyclic) bond motifs is 2. The first-order valence-corrected chi connectivity index (χ1v) is 9.12. The van der Waals surface area contributed by atoms with Crippen molar-refractivity contribution in [3.05, 3.63) is 59.6 Å². The first-order chi connectivity index (χ1) is 13.5. The summed E-state index contributed by atoms with van der Waals surface area (Å²) in [5.74, 6) is 0.511. The second-order valence-electron chi connectivity index (χ2n) is 6.99. The summed E-state index contributed by atoms with van der Waals surface area (Å²) in [7, 11) is 3.73. The van der Waals surface area contributed by atoms with Crippen LogP contribution in [0.3, 0.4) is 0 Å². The van der Waals surface area contributed by atoms with Gasteiger partial charge in [-0.1, -0.05) is 0 Å². The Hall–Kier alpha value is -3.48. The topological polar surface area (TPSA) is 80.1 Å². The molecule has 0 atom stereocenters. The van der Waals surface area contributed by atoms with Gasteiger partial charge in [0.1, 0.15) is 11.5 Å². The molecule has 0 aliphatic carbocycles. The van der Waals surface area contributed by atoms with Gasteiger partial charge >= 0.3 is 0 Å². The van der Waals surface area contributed by atoms with Crippen molar-refractivity contribution in [2.45, 2.75) is 19.4 Å². The van der Waals surface area contributed by atoms with Crippen molar-refractivity contribution in [2.75, 3.05) is 12.4 Å². The van der Waals surface area contributed by atoms with Crippen molar-refractivity contribution in [1.82, 2.24) is 19.4 Å². The van der Waals surface area contributed by atoms with Crippen molar-refractivity contribution in [3.8, 4) is 0 Å². The van der Waals surface area contributed by atoms with Gasteiger partial charge in [-0.15, -0.1) is 0 Å². The minimum Gasteiger partial charge on any atom is -0.338 e. The summed E-state index contributed by atoms with van der Waals surface area (Å²) >= 11 is 0. The average Bonchev–Trinajstić information content (AvgIpc) is 3.01. The SMILES string of the molecule is CN(Cc1cn(C)c2ncccc12)C(=O)C=Cc1cnc2c(c1)CCC(=O)N2. The van der Waals surface area contributed by atoms with Gasteiger partial charge in [0, 0.05) is 57.1 Å². The van der Waals surface area contributed by atoms with E-state index >= 15 is 0 Å². The van der Waals surface area contributed by atoms with E-state index in [0.29, 0.717) is 25.2 Å². The van der Waals surface area contributed by atoms with Gasteiger partial charge in [0.05, 0.1) is 0 Å². The van der Waals surface area contributed by atoms with Crippen LogP contribution in [0.25, 0.3) is 17.1 Å². The number of nitrogens with zero attached hydrogens (tertiary/aromatic N) is 4. The van der Waals surface area contributed by atoms with Gasteiger partial charge in [-0.25, -0.2) is 9.97 Å². The molecule has 1 N–H and O–H groups in total. The monoisotopic (exact) mass is 375 g/mol. The summed E-state index contributed by atoms with van der Waals surface area (Å²) in [6.45, 7) is 0.501. The smallest absolute Gasteiger partial charge is 0.246 e. The van der Waals surface area contributed by atoms with Crippen LogP contribution in [-0.2, 0) is 29.6 Å². The summed E-state index contributed by atoms with van der Waals surface area (Å²) < 4.78 is 1.97. The van der Waals surface area contributed by atoms with Crippen molar-refractivity contribution < 1.29 is 9.59 Å². The van der Waals surface area contributed by atoms with Gasteiger partial charge in [0.15, 0.2) is 0 Å². The molecule has 0 saturated heterocycles. The molecule has 0 aromatic carbocycles. The average molecular weight is 375 g/mol. The molecule has 0 radical (unpaired) electrons. The molecule has 7 nitrogen and oxygen atoms in total. The van der Waals surface area contributed by atoms with Gasteiger partial charge in [-0.2, -0.15) is 0 Å². The molecule has 2 amide bonds. The van der Waals surface area contributed by atoms with Gasteiger partial charge in [0.25, 0.3) is 0 Å². The number of anilines is 1. The van der Waals surface area contributed by atoms with Crippen molar-refractivity contribution in [2.24, 2.45) is 7.05 Å². The predicted octanol–water partition coefficient (Wildman–Crippen LogP) is 2.52. The summed E-state index contributed by atoms with van der Waals surface area (Å²) in [6, 6.07) is 5.88. The maximum atomic E-state index is 12.5. The van der Waals surface area contributed by atoms with Crippen LogP contribution in [0.2, 0.25) is 0 Å². The molecular weight excluding hydrogens is 354 g/mol. The molecule has 0 spiro atoms. The largest absolute Gasteiger partial charge is 0.338 e. The zero-order valence-corrected chi connectivity index (χ0v) is 15.8. The van der Waals surface area contributed by atoms with Crippen LogP contribution in [0, 0.1) is 0 Å². The normalized spacial score (nSPS) is 13.6. The lowest BCUT2D eigenvalue weighted by molar-refractivity contribution is -0.125. The maximum Gasteiger partial charge on any atom is 0.246 e. The molecule has 0 unspecified atom stereocenters. The Kier molecular flexibility index (Phi) is 4.65. The second-order valence-corrected chi connectivity index (χ2v) is 6.99. The number of aryl methyl sites for hydroxylation is 2. The Morgan fingerprint density at radius 1 is 1.36 bits per heavy atom. The fraction of sp³-hybridized carbons (Fsp3) is 0.238. The number of nitrogens with one attached hydrogen (secondary N) is 1. The maximum absolute atomic E-state index is 12.5. The molecule has 0 fully saturated rings. The van der Waals surface area contributed by atoms with Crippen LogP contribution >= 0.6 is 0 Å². The van der Waals surface area contributed by atoms with E-state index in [1.54, 1.807) is 36.5 Å². The Morgan fingerprint density at radius 3 is 3.07 bits per heavy atom.